The Morgan fingerprint density at radius 1 is 1.27 bits per heavy atom. The molecule has 1 saturated heterocycles. The smallest absolute Gasteiger partial charge is 0.417 e. The highest BCUT2D eigenvalue weighted by atomic mass is 19.4. The lowest BCUT2D eigenvalue weighted by Gasteiger charge is -2.32. The number of likely N-dealkylation sites (tertiary alicyclic amines) is 1. The Kier molecular flexibility index (Phi) is 5.08. The minimum atomic E-state index is -4.61. The fraction of sp³-hybridized carbons (Fsp3) is 0.786. The van der Waals surface area contributed by atoms with Crippen molar-refractivity contribution in [1.82, 2.24) is 15.1 Å². The highest BCUT2D eigenvalue weighted by molar-refractivity contribution is 5.78. The van der Waals surface area contributed by atoms with E-state index in [1.807, 2.05) is 13.8 Å². The van der Waals surface area contributed by atoms with Crippen LogP contribution in [0.25, 0.3) is 0 Å². The molecule has 0 bridgehead atoms. The standard InChI is InChI=1S/C14H20F3N3O2/c1-3-9(4-2)12(21)20-7-5-10(6-8-20)11-18-19-13(22-11)14(15,16)17/h9-10H,3-8H2,1-2H3. The summed E-state index contributed by atoms with van der Waals surface area (Å²) in [5.74, 6) is -1.35. The molecule has 1 amide bonds. The first-order valence-corrected chi connectivity index (χ1v) is 7.56. The number of halogens is 3. The molecule has 2 heterocycles. The summed E-state index contributed by atoms with van der Waals surface area (Å²) in [4.78, 5) is 14.1. The summed E-state index contributed by atoms with van der Waals surface area (Å²) in [6.07, 6.45) is -1.92. The van der Waals surface area contributed by atoms with E-state index in [4.69, 9.17) is 4.42 Å². The quantitative estimate of drug-likeness (QED) is 0.855. The highest BCUT2D eigenvalue weighted by Gasteiger charge is 2.39. The zero-order valence-corrected chi connectivity index (χ0v) is 12.7. The van der Waals surface area contributed by atoms with Gasteiger partial charge in [0.05, 0.1) is 0 Å². The molecule has 0 N–H and O–H groups in total. The lowest BCUT2D eigenvalue weighted by Crippen LogP contribution is -2.41. The molecule has 0 aromatic carbocycles. The van der Waals surface area contributed by atoms with Crippen LogP contribution in [-0.4, -0.2) is 34.1 Å². The molecule has 8 heteroatoms. The van der Waals surface area contributed by atoms with Crippen LogP contribution < -0.4 is 0 Å². The summed E-state index contributed by atoms with van der Waals surface area (Å²) in [6, 6.07) is 0. The predicted molar refractivity (Wildman–Crippen MR) is 71.9 cm³/mol. The molecule has 0 saturated carbocycles. The van der Waals surface area contributed by atoms with Gasteiger partial charge in [-0.05, 0) is 25.7 Å². The molecule has 0 spiro atoms. The van der Waals surface area contributed by atoms with Crippen LogP contribution in [-0.2, 0) is 11.0 Å². The van der Waals surface area contributed by atoms with E-state index in [1.54, 1.807) is 4.90 Å². The van der Waals surface area contributed by atoms with Gasteiger partial charge in [-0.3, -0.25) is 4.79 Å². The number of rotatable bonds is 4. The number of alkyl halides is 3. The fourth-order valence-electron chi connectivity index (χ4n) is 2.76. The first-order chi connectivity index (χ1) is 10.4. The van der Waals surface area contributed by atoms with Crippen molar-refractivity contribution < 1.29 is 22.4 Å². The lowest BCUT2D eigenvalue weighted by molar-refractivity contribution is -0.157. The molecule has 1 aromatic heterocycles. The van der Waals surface area contributed by atoms with Crippen LogP contribution >= 0.6 is 0 Å². The zero-order chi connectivity index (χ0) is 16.3. The largest absolute Gasteiger partial charge is 0.470 e. The summed E-state index contributed by atoms with van der Waals surface area (Å²) in [7, 11) is 0. The molecule has 1 fully saturated rings. The van der Waals surface area contributed by atoms with E-state index in [2.05, 4.69) is 10.2 Å². The minimum Gasteiger partial charge on any atom is -0.417 e. The van der Waals surface area contributed by atoms with Gasteiger partial charge >= 0.3 is 12.1 Å². The Morgan fingerprint density at radius 3 is 2.32 bits per heavy atom. The van der Waals surface area contributed by atoms with Gasteiger partial charge in [0.25, 0.3) is 0 Å². The SMILES string of the molecule is CCC(CC)C(=O)N1CCC(c2nnc(C(F)(F)F)o2)CC1. The van der Waals surface area contributed by atoms with Crippen molar-refractivity contribution >= 4 is 5.91 Å². The zero-order valence-electron chi connectivity index (χ0n) is 12.7. The molecule has 0 radical (unpaired) electrons. The summed E-state index contributed by atoms with van der Waals surface area (Å²) < 4.78 is 42.1. The van der Waals surface area contributed by atoms with Gasteiger partial charge in [0, 0.05) is 24.9 Å². The Labute approximate surface area is 126 Å². The molecular weight excluding hydrogens is 299 g/mol. The maximum Gasteiger partial charge on any atom is 0.470 e. The van der Waals surface area contributed by atoms with Gasteiger partial charge in [0.1, 0.15) is 0 Å². The average Bonchev–Trinajstić information content (AvgIpc) is 2.98. The molecular formula is C14H20F3N3O2. The first-order valence-electron chi connectivity index (χ1n) is 7.56. The lowest BCUT2D eigenvalue weighted by atomic mass is 9.94. The minimum absolute atomic E-state index is 0.0157. The van der Waals surface area contributed by atoms with Crippen LogP contribution in [0.2, 0.25) is 0 Å². The third-order valence-electron chi connectivity index (χ3n) is 4.17. The van der Waals surface area contributed by atoms with Gasteiger partial charge in [-0.15, -0.1) is 10.2 Å². The Balaban J connectivity index is 1.95. The normalized spacial score (nSPS) is 17.3. The van der Waals surface area contributed by atoms with Gasteiger partial charge in [-0.2, -0.15) is 13.2 Å². The topological polar surface area (TPSA) is 59.2 Å². The van der Waals surface area contributed by atoms with Crippen molar-refractivity contribution in [2.24, 2.45) is 5.92 Å². The molecule has 0 atom stereocenters. The number of piperidine rings is 1. The van der Waals surface area contributed by atoms with Gasteiger partial charge in [0.15, 0.2) is 0 Å². The van der Waals surface area contributed by atoms with Crippen molar-refractivity contribution in [3.63, 3.8) is 0 Å². The van der Waals surface area contributed by atoms with E-state index in [9.17, 15) is 18.0 Å². The molecule has 124 valence electrons. The summed E-state index contributed by atoms with van der Waals surface area (Å²) >= 11 is 0. The van der Waals surface area contributed by atoms with Crippen molar-refractivity contribution in [2.45, 2.75) is 51.6 Å². The second kappa shape index (κ2) is 6.66. The fourth-order valence-corrected chi connectivity index (χ4v) is 2.76. The van der Waals surface area contributed by atoms with E-state index < -0.39 is 12.1 Å². The maximum atomic E-state index is 12.5. The molecule has 0 aliphatic carbocycles. The number of hydrogen-bond donors (Lipinski definition) is 0. The Morgan fingerprint density at radius 2 is 1.86 bits per heavy atom. The number of aromatic nitrogens is 2. The number of carbonyl (C=O) groups excluding carboxylic acids is 1. The molecule has 5 nitrogen and oxygen atoms in total. The van der Waals surface area contributed by atoms with Crippen molar-refractivity contribution in [1.29, 1.82) is 0 Å². The monoisotopic (exact) mass is 319 g/mol. The van der Waals surface area contributed by atoms with Crippen LogP contribution in [0.15, 0.2) is 4.42 Å². The van der Waals surface area contributed by atoms with Crippen molar-refractivity contribution in [3.8, 4) is 0 Å². The van der Waals surface area contributed by atoms with Crippen molar-refractivity contribution in [2.75, 3.05) is 13.1 Å². The molecule has 1 aliphatic rings. The predicted octanol–water partition coefficient (Wildman–Crippen LogP) is 3.23. The molecule has 2 rings (SSSR count). The first kappa shape index (κ1) is 16.8. The highest BCUT2D eigenvalue weighted by Crippen LogP contribution is 2.32. The number of nitrogens with zero attached hydrogens (tertiary/aromatic N) is 3. The van der Waals surface area contributed by atoms with E-state index in [-0.39, 0.29) is 23.6 Å². The van der Waals surface area contributed by atoms with Crippen LogP contribution in [0.4, 0.5) is 13.2 Å². The summed E-state index contributed by atoms with van der Waals surface area (Å²) in [5, 5.41) is 6.55. The molecule has 1 aliphatic heterocycles. The van der Waals surface area contributed by atoms with Crippen molar-refractivity contribution in [3.05, 3.63) is 11.8 Å². The van der Waals surface area contributed by atoms with Crippen LogP contribution in [0.3, 0.4) is 0 Å². The average molecular weight is 319 g/mol. The number of amides is 1. The Bertz CT molecular complexity index is 504. The van der Waals surface area contributed by atoms with Gasteiger partial charge in [0.2, 0.25) is 11.8 Å². The second-order valence-corrected chi connectivity index (χ2v) is 5.56. The second-order valence-electron chi connectivity index (χ2n) is 5.56. The van der Waals surface area contributed by atoms with E-state index in [0.29, 0.717) is 25.9 Å². The number of carbonyl (C=O) groups is 1. The third-order valence-corrected chi connectivity index (χ3v) is 4.17. The van der Waals surface area contributed by atoms with E-state index in [0.717, 1.165) is 12.8 Å². The van der Waals surface area contributed by atoms with Crippen LogP contribution in [0.1, 0.15) is 57.2 Å². The van der Waals surface area contributed by atoms with Crippen LogP contribution in [0.5, 0.6) is 0 Å². The van der Waals surface area contributed by atoms with E-state index >= 15 is 0 Å². The Hall–Kier alpha value is -1.60. The summed E-state index contributed by atoms with van der Waals surface area (Å²) in [5.41, 5.74) is 0. The summed E-state index contributed by atoms with van der Waals surface area (Å²) in [6.45, 7) is 5.00. The van der Waals surface area contributed by atoms with Gasteiger partial charge in [-0.25, -0.2) is 0 Å². The molecule has 1 aromatic rings. The number of hydrogen-bond acceptors (Lipinski definition) is 4. The van der Waals surface area contributed by atoms with E-state index in [1.165, 1.54) is 0 Å². The molecule has 22 heavy (non-hydrogen) atoms. The van der Waals surface area contributed by atoms with Gasteiger partial charge in [-0.1, -0.05) is 13.8 Å². The van der Waals surface area contributed by atoms with Crippen LogP contribution in [0, 0.1) is 5.92 Å². The molecule has 0 unspecified atom stereocenters. The van der Waals surface area contributed by atoms with Gasteiger partial charge < -0.3 is 9.32 Å². The maximum absolute atomic E-state index is 12.5. The third kappa shape index (κ3) is 3.59.